The van der Waals surface area contributed by atoms with E-state index in [0.717, 1.165) is 61.3 Å². The van der Waals surface area contributed by atoms with Crippen molar-refractivity contribution in [3.8, 4) is 0 Å². The molecule has 6 heteroatoms. The SMILES string of the molecule is CN1c2ccc(N3CCCN(Cc4ccccc4)CC3)c3cccc(c23)S1(=O)=O. The van der Waals surface area contributed by atoms with Gasteiger partial charge >= 0.3 is 0 Å². The van der Waals surface area contributed by atoms with E-state index in [4.69, 9.17) is 0 Å². The number of nitrogens with zero attached hydrogens (tertiary/aromatic N) is 3. The molecule has 0 saturated carbocycles. The summed E-state index contributed by atoms with van der Waals surface area (Å²) in [6.07, 6.45) is 1.09. The third-order valence-electron chi connectivity index (χ3n) is 6.11. The molecule has 29 heavy (non-hydrogen) atoms. The van der Waals surface area contributed by atoms with Crippen LogP contribution < -0.4 is 9.21 Å². The van der Waals surface area contributed by atoms with Crippen LogP contribution in [0.3, 0.4) is 0 Å². The van der Waals surface area contributed by atoms with Crippen molar-refractivity contribution >= 4 is 32.2 Å². The fourth-order valence-electron chi connectivity index (χ4n) is 4.58. The molecule has 0 aliphatic carbocycles. The molecule has 0 aromatic heterocycles. The number of sulfonamides is 1. The lowest BCUT2D eigenvalue weighted by atomic mass is 10.1. The quantitative estimate of drug-likeness (QED) is 0.664. The van der Waals surface area contributed by atoms with Gasteiger partial charge in [0, 0.05) is 56.2 Å². The van der Waals surface area contributed by atoms with Crippen LogP contribution in [-0.4, -0.2) is 46.5 Å². The van der Waals surface area contributed by atoms with Crippen LogP contribution in [0.1, 0.15) is 12.0 Å². The first kappa shape index (κ1) is 18.5. The van der Waals surface area contributed by atoms with Gasteiger partial charge in [0.15, 0.2) is 0 Å². The fourth-order valence-corrected chi connectivity index (χ4v) is 6.01. The fraction of sp³-hybridized carbons (Fsp3) is 0.304. The minimum atomic E-state index is -3.43. The van der Waals surface area contributed by atoms with E-state index in [-0.39, 0.29) is 0 Å². The number of benzene rings is 3. The summed E-state index contributed by atoms with van der Waals surface area (Å²) in [5, 5.41) is 1.89. The van der Waals surface area contributed by atoms with Gasteiger partial charge in [-0.05, 0) is 30.2 Å². The maximum absolute atomic E-state index is 12.7. The molecule has 0 atom stereocenters. The van der Waals surface area contributed by atoms with E-state index >= 15 is 0 Å². The highest BCUT2D eigenvalue weighted by molar-refractivity contribution is 7.93. The van der Waals surface area contributed by atoms with Crippen LogP contribution in [0, 0.1) is 0 Å². The summed E-state index contributed by atoms with van der Waals surface area (Å²) in [6.45, 7) is 4.96. The molecule has 1 saturated heterocycles. The summed E-state index contributed by atoms with van der Waals surface area (Å²) >= 11 is 0. The van der Waals surface area contributed by atoms with Crippen molar-refractivity contribution in [2.45, 2.75) is 17.9 Å². The average molecular weight is 408 g/mol. The molecule has 3 aromatic rings. The molecular weight excluding hydrogens is 382 g/mol. The van der Waals surface area contributed by atoms with E-state index in [9.17, 15) is 8.42 Å². The smallest absolute Gasteiger partial charge is 0.264 e. The van der Waals surface area contributed by atoms with Gasteiger partial charge in [0.2, 0.25) is 0 Å². The molecule has 1 fully saturated rings. The standard InChI is InChI=1S/C23H25N3O2S/c1-24-21-12-11-20(19-9-5-10-22(23(19)21)29(24,27)28)26-14-6-13-25(15-16-26)17-18-7-3-2-4-8-18/h2-5,7-12H,6,13-17H2,1H3. The molecule has 0 spiro atoms. The van der Waals surface area contributed by atoms with Gasteiger partial charge in [-0.25, -0.2) is 8.42 Å². The zero-order valence-corrected chi connectivity index (χ0v) is 17.4. The minimum absolute atomic E-state index is 0.426. The molecule has 0 unspecified atom stereocenters. The summed E-state index contributed by atoms with van der Waals surface area (Å²) in [5.74, 6) is 0. The van der Waals surface area contributed by atoms with E-state index in [2.05, 4.69) is 52.3 Å². The van der Waals surface area contributed by atoms with Crippen LogP contribution in [0.25, 0.3) is 10.8 Å². The molecule has 3 aromatic carbocycles. The Kier molecular flexibility index (Phi) is 4.48. The van der Waals surface area contributed by atoms with Crippen molar-refractivity contribution in [1.29, 1.82) is 0 Å². The van der Waals surface area contributed by atoms with Gasteiger partial charge in [0.1, 0.15) is 0 Å². The Balaban J connectivity index is 1.45. The lowest BCUT2D eigenvalue weighted by molar-refractivity contribution is 0.285. The zero-order chi connectivity index (χ0) is 20.0. The van der Waals surface area contributed by atoms with Crippen LogP contribution in [0.2, 0.25) is 0 Å². The Morgan fingerprint density at radius 1 is 0.828 bits per heavy atom. The topological polar surface area (TPSA) is 43.9 Å². The second-order valence-corrected chi connectivity index (χ2v) is 9.80. The van der Waals surface area contributed by atoms with Crippen LogP contribution in [0.15, 0.2) is 65.6 Å². The monoisotopic (exact) mass is 407 g/mol. The molecule has 2 aliphatic heterocycles. The van der Waals surface area contributed by atoms with Gasteiger partial charge in [-0.2, -0.15) is 0 Å². The van der Waals surface area contributed by atoms with Crippen LogP contribution in [0.5, 0.6) is 0 Å². The van der Waals surface area contributed by atoms with Crippen molar-refractivity contribution in [3.63, 3.8) is 0 Å². The first-order valence-corrected chi connectivity index (χ1v) is 11.6. The van der Waals surface area contributed by atoms with Crippen molar-refractivity contribution in [2.75, 3.05) is 42.4 Å². The van der Waals surface area contributed by atoms with E-state index < -0.39 is 10.0 Å². The molecule has 0 amide bonds. The normalized spacial score (nSPS) is 18.9. The third-order valence-corrected chi connectivity index (χ3v) is 7.93. The predicted octanol–water partition coefficient (Wildman–Crippen LogP) is 3.69. The van der Waals surface area contributed by atoms with Crippen LogP contribution in [0.4, 0.5) is 11.4 Å². The van der Waals surface area contributed by atoms with Crippen LogP contribution >= 0.6 is 0 Å². The van der Waals surface area contributed by atoms with E-state index in [1.807, 2.05) is 12.1 Å². The maximum Gasteiger partial charge on any atom is 0.264 e. The molecule has 150 valence electrons. The zero-order valence-electron chi connectivity index (χ0n) is 16.6. The third kappa shape index (κ3) is 3.07. The van der Waals surface area contributed by atoms with Gasteiger partial charge in [-0.3, -0.25) is 9.21 Å². The van der Waals surface area contributed by atoms with Gasteiger partial charge in [-0.1, -0.05) is 42.5 Å². The van der Waals surface area contributed by atoms with Crippen molar-refractivity contribution in [2.24, 2.45) is 0 Å². The molecule has 5 nitrogen and oxygen atoms in total. The molecule has 2 aliphatic rings. The number of anilines is 2. The Hall–Kier alpha value is -2.57. The highest BCUT2D eigenvalue weighted by atomic mass is 32.2. The molecular formula is C23H25N3O2S. The maximum atomic E-state index is 12.7. The summed E-state index contributed by atoms with van der Waals surface area (Å²) in [7, 11) is -1.79. The molecule has 0 radical (unpaired) electrons. The van der Waals surface area contributed by atoms with Gasteiger partial charge in [0.05, 0.1) is 10.6 Å². The van der Waals surface area contributed by atoms with Gasteiger partial charge in [0.25, 0.3) is 10.0 Å². The summed E-state index contributed by atoms with van der Waals surface area (Å²) in [6, 6.07) is 20.3. The first-order valence-electron chi connectivity index (χ1n) is 10.1. The number of hydrogen-bond donors (Lipinski definition) is 0. The average Bonchev–Trinajstić information content (AvgIpc) is 2.88. The van der Waals surface area contributed by atoms with E-state index in [1.54, 1.807) is 13.1 Å². The highest BCUT2D eigenvalue weighted by Gasteiger charge is 2.34. The van der Waals surface area contributed by atoms with Crippen molar-refractivity contribution in [3.05, 3.63) is 66.2 Å². The Bertz CT molecular complexity index is 1160. The number of rotatable bonds is 3. The second-order valence-electron chi connectivity index (χ2n) is 7.86. The molecule has 0 bridgehead atoms. The largest absolute Gasteiger partial charge is 0.370 e. The lowest BCUT2D eigenvalue weighted by Crippen LogP contribution is -2.30. The minimum Gasteiger partial charge on any atom is -0.370 e. The van der Waals surface area contributed by atoms with Crippen LogP contribution in [-0.2, 0) is 16.6 Å². The summed E-state index contributed by atoms with van der Waals surface area (Å²) < 4.78 is 26.9. The lowest BCUT2D eigenvalue weighted by Gasteiger charge is -2.25. The predicted molar refractivity (Wildman–Crippen MR) is 118 cm³/mol. The summed E-state index contributed by atoms with van der Waals surface area (Å²) in [5.41, 5.74) is 3.26. The molecule has 2 heterocycles. The Morgan fingerprint density at radius 2 is 1.62 bits per heavy atom. The highest BCUT2D eigenvalue weighted by Crippen LogP contribution is 2.44. The Morgan fingerprint density at radius 3 is 2.45 bits per heavy atom. The second kappa shape index (κ2) is 7.04. The Labute approximate surface area is 172 Å². The van der Waals surface area contributed by atoms with Gasteiger partial charge < -0.3 is 4.90 Å². The first-order chi connectivity index (χ1) is 14.1. The molecule has 5 rings (SSSR count). The van der Waals surface area contributed by atoms with Crippen molar-refractivity contribution in [1.82, 2.24) is 4.90 Å². The van der Waals surface area contributed by atoms with E-state index in [0.29, 0.717) is 4.90 Å². The van der Waals surface area contributed by atoms with Gasteiger partial charge in [-0.15, -0.1) is 0 Å². The summed E-state index contributed by atoms with van der Waals surface area (Å²) in [4.78, 5) is 5.35. The van der Waals surface area contributed by atoms with Crippen molar-refractivity contribution < 1.29 is 8.42 Å². The number of hydrogen-bond acceptors (Lipinski definition) is 4. The molecule has 0 N–H and O–H groups in total. The van der Waals surface area contributed by atoms with E-state index in [1.165, 1.54) is 9.87 Å².